The molecule has 0 unspecified atom stereocenters. The predicted octanol–water partition coefficient (Wildman–Crippen LogP) is 10.0. The van der Waals surface area contributed by atoms with E-state index in [0.717, 1.165) is 49.2 Å². The number of hydrogen-bond acceptors (Lipinski definition) is 10. The predicted molar refractivity (Wildman–Crippen MR) is 204 cm³/mol. The highest BCUT2D eigenvalue weighted by molar-refractivity contribution is 6.19. The highest BCUT2D eigenvalue weighted by atomic mass is 16.4. The number of hydrogen-bond donors (Lipinski definition) is 9. The summed E-state index contributed by atoms with van der Waals surface area (Å²) in [5.41, 5.74) is 2.79. The zero-order valence-corrected chi connectivity index (χ0v) is 27.6. The van der Waals surface area contributed by atoms with Gasteiger partial charge in [-0.3, -0.25) is 0 Å². The monoisotopic (exact) mass is 706 g/mol. The average Bonchev–Trinajstić information content (AvgIpc) is 3.36. The minimum atomic E-state index is -1.27. The molecule has 1 aromatic heterocycles. The molecule has 0 amide bonds. The van der Waals surface area contributed by atoms with E-state index < -0.39 is 51.4 Å². The Labute approximate surface area is 300 Å². The Kier molecular flexibility index (Phi) is 7.65. The second-order valence-corrected chi connectivity index (χ2v) is 12.6. The molecule has 9 N–H and O–H groups in total. The molecule has 10 nitrogen and oxygen atoms in total. The highest BCUT2D eigenvalue weighted by Gasteiger charge is 2.31. The van der Waals surface area contributed by atoms with Gasteiger partial charge in [0.2, 0.25) is 17.2 Å². The maximum atomic E-state index is 11.7. The van der Waals surface area contributed by atoms with E-state index >= 15 is 0 Å². The summed E-state index contributed by atoms with van der Waals surface area (Å²) in [7, 11) is 0. The molecule has 0 fully saturated rings. The number of phenols is 5. The number of fused-ring (bicyclic) bond motifs is 6. The number of allylic oxidation sites excluding steroid dienone is 5. The first-order valence-electron chi connectivity index (χ1n) is 16.4. The SMILES string of the molecule is O/C=C(/C(O)=C(O)\C(=C\O)c1c2c(c(-c3cccc4oc5cc6ccccc6cc5c34)c3ccccc13)CC=CC=C2)c1c(O)c(O)c(O)c(O)c1O. The average molecular weight is 707 g/mol. The van der Waals surface area contributed by atoms with Crippen molar-refractivity contribution in [2.45, 2.75) is 6.42 Å². The van der Waals surface area contributed by atoms with Gasteiger partial charge in [-0.2, -0.15) is 0 Å². The molecule has 7 aromatic rings. The number of phenolic OH excluding ortho intramolecular Hbond substituents is 5. The summed E-state index contributed by atoms with van der Waals surface area (Å²) >= 11 is 0. The summed E-state index contributed by atoms with van der Waals surface area (Å²) in [4.78, 5) is 0. The standard InChI is InChI=1S/C43H30O10/c44-19-29(37(46)38(47)30(20-45)36-39(48)41(50)43(52)42(51)40(36)49)34-25-12-3-1-2-11-23(25)33(24-13-6-7-14-26(24)34)27-15-8-16-31-35(27)28-17-21-9-4-5-10-22(21)18-32(28)53-31/h1-10,12-20,44-52H,11H2/b29-19+,30-20+,38-37-. The first-order valence-corrected chi connectivity index (χ1v) is 16.4. The van der Waals surface area contributed by atoms with E-state index in [2.05, 4.69) is 6.07 Å². The van der Waals surface area contributed by atoms with Crippen molar-refractivity contribution < 1.29 is 50.4 Å². The normalized spacial score (nSPS) is 13.9. The van der Waals surface area contributed by atoms with Crippen molar-refractivity contribution in [2.24, 2.45) is 0 Å². The Balaban J connectivity index is 1.42. The van der Waals surface area contributed by atoms with Crippen molar-refractivity contribution in [2.75, 3.05) is 0 Å². The van der Waals surface area contributed by atoms with Crippen molar-refractivity contribution in [3.8, 4) is 39.9 Å². The van der Waals surface area contributed by atoms with Crippen molar-refractivity contribution in [1.29, 1.82) is 0 Å². The van der Waals surface area contributed by atoms with Gasteiger partial charge in [0.05, 0.1) is 29.2 Å². The lowest BCUT2D eigenvalue weighted by Crippen LogP contribution is -2.05. The van der Waals surface area contributed by atoms with Crippen LogP contribution in [0.3, 0.4) is 0 Å². The van der Waals surface area contributed by atoms with Crippen LogP contribution >= 0.6 is 0 Å². The molecular formula is C43H30O10. The Hall–Kier alpha value is -7.46. The van der Waals surface area contributed by atoms with Crippen LogP contribution in [-0.4, -0.2) is 46.0 Å². The summed E-state index contributed by atoms with van der Waals surface area (Å²) < 4.78 is 6.40. The second-order valence-electron chi connectivity index (χ2n) is 12.6. The molecule has 0 aliphatic heterocycles. The molecule has 0 saturated carbocycles. The lowest BCUT2D eigenvalue weighted by molar-refractivity contribution is 0.325. The van der Waals surface area contributed by atoms with Gasteiger partial charge in [-0.15, -0.1) is 0 Å². The summed E-state index contributed by atoms with van der Waals surface area (Å²) in [6.45, 7) is 0. The Morgan fingerprint density at radius 1 is 0.585 bits per heavy atom. The van der Waals surface area contributed by atoms with Crippen LogP contribution in [0.2, 0.25) is 0 Å². The van der Waals surface area contributed by atoms with Crippen LogP contribution in [-0.2, 0) is 6.42 Å². The maximum Gasteiger partial charge on any atom is 0.208 e. The Morgan fingerprint density at radius 3 is 1.87 bits per heavy atom. The van der Waals surface area contributed by atoms with Gasteiger partial charge >= 0.3 is 0 Å². The maximum absolute atomic E-state index is 11.7. The topological polar surface area (TPSA) is 195 Å². The molecule has 0 atom stereocenters. The van der Waals surface area contributed by atoms with Crippen LogP contribution in [0.4, 0.5) is 0 Å². The third kappa shape index (κ3) is 4.88. The smallest absolute Gasteiger partial charge is 0.208 e. The zero-order valence-electron chi connectivity index (χ0n) is 27.6. The van der Waals surface area contributed by atoms with Crippen molar-refractivity contribution in [3.05, 3.63) is 143 Å². The Bertz CT molecular complexity index is 2820. The quantitative estimate of drug-likeness (QED) is 0.0360. The zero-order chi connectivity index (χ0) is 37.1. The van der Waals surface area contributed by atoms with E-state index in [0.29, 0.717) is 34.8 Å². The molecule has 0 spiro atoms. The highest BCUT2D eigenvalue weighted by Crippen LogP contribution is 2.54. The fourth-order valence-electron chi connectivity index (χ4n) is 7.33. The molecule has 53 heavy (non-hydrogen) atoms. The summed E-state index contributed by atoms with van der Waals surface area (Å²) in [6, 6.07) is 25.4. The third-order valence-corrected chi connectivity index (χ3v) is 9.73. The molecule has 0 bridgehead atoms. The minimum Gasteiger partial charge on any atom is -0.515 e. The molecule has 8 rings (SSSR count). The van der Waals surface area contributed by atoms with Gasteiger partial charge in [0, 0.05) is 16.3 Å². The number of aliphatic hydroxyl groups excluding tert-OH is 4. The molecule has 0 radical (unpaired) electrons. The summed E-state index contributed by atoms with van der Waals surface area (Å²) in [6.07, 6.45) is 8.68. The molecule has 6 aromatic carbocycles. The van der Waals surface area contributed by atoms with E-state index in [9.17, 15) is 46.0 Å². The number of aromatic hydroxyl groups is 5. The molecule has 1 aliphatic carbocycles. The molecule has 262 valence electrons. The lowest BCUT2D eigenvalue weighted by atomic mass is 9.81. The van der Waals surface area contributed by atoms with Crippen LogP contribution < -0.4 is 0 Å². The fourth-order valence-corrected chi connectivity index (χ4v) is 7.33. The largest absolute Gasteiger partial charge is 0.515 e. The van der Waals surface area contributed by atoms with Gasteiger partial charge in [0.25, 0.3) is 0 Å². The third-order valence-electron chi connectivity index (χ3n) is 9.73. The van der Waals surface area contributed by atoms with Crippen LogP contribution in [0.15, 0.2) is 126 Å². The van der Waals surface area contributed by atoms with Crippen molar-refractivity contribution in [3.63, 3.8) is 0 Å². The van der Waals surface area contributed by atoms with Gasteiger partial charge in [-0.1, -0.05) is 85.0 Å². The van der Waals surface area contributed by atoms with Crippen molar-refractivity contribution in [1.82, 2.24) is 0 Å². The second kappa shape index (κ2) is 12.4. The van der Waals surface area contributed by atoms with Gasteiger partial charge in [0.15, 0.2) is 23.0 Å². The molecule has 10 heteroatoms. The van der Waals surface area contributed by atoms with Gasteiger partial charge in [-0.25, -0.2) is 0 Å². The number of rotatable bonds is 5. The van der Waals surface area contributed by atoms with E-state index in [4.69, 9.17) is 4.42 Å². The van der Waals surface area contributed by atoms with Gasteiger partial charge in [0.1, 0.15) is 11.2 Å². The van der Waals surface area contributed by atoms with E-state index in [1.54, 1.807) is 18.2 Å². The minimum absolute atomic E-state index is 0.204. The molecule has 1 aliphatic rings. The molecule has 1 heterocycles. The van der Waals surface area contributed by atoms with E-state index in [1.165, 1.54) is 0 Å². The first kappa shape index (κ1) is 32.7. The van der Waals surface area contributed by atoms with Gasteiger partial charge in [-0.05, 0) is 68.4 Å². The summed E-state index contributed by atoms with van der Waals surface area (Å²) in [5.74, 6) is -8.40. The van der Waals surface area contributed by atoms with Crippen LogP contribution in [0.5, 0.6) is 28.7 Å². The van der Waals surface area contributed by atoms with Crippen LogP contribution in [0.25, 0.3) is 71.8 Å². The van der Waals surface area contributed by atoms with E-state index in [1.807, 2.05) is 78.9 Å². The number of aliphatic hydroxyl groups is 4. The summed E-state index contributed by atoms with van der Waals surface area (Å²) in [5, 5.41) is 100. The van der Waals surface area contributed by atoms with E-state index in [-0.39, 0.29) is 11.8 Å². The lowest BCUT2D eigenvalue weighted by Gasteiger charge is -2.22. The first-order chi connectivity index (χ1) is 25.7. The number of benzene rings is 6. The van der Waals surface area contributed by atoms with Crippen LogP contribution in [0, 0.1) is 0 Å². The fraction of sp³-hybridized carbons (Fsp3) is 0.0233. The molecule has 0 saturated heterocycles. The number of furan rings is 1. The Morgan fingerprint density at radius 2 is 1.19 bits per heavy atom. The van der Waals surface area contributed by atoms with Crippen LogP contribution in [0.1, 0.15) is 22.3 Å². The molecular weight excluding hydrogens is 676 g/mol. The van der Waals surface area contributed by atoms with Gasteiger partial charge < -0.3 is 50.4 Å². The van der Waals surface area contributed by atoms with Crippen molar-refractivity contribution >= 4 is 60.7 Å².